The van der Waals surface area contributed by atoms with Crippen molar-refractivity contribution in [1.82, 2.24) is 0 Å². The highest BCUT2D eigenvalue weighted by Gasteiger charge is 2.07. The molecule has 0 radical (unpaired) electrons. The van der Waals surface area contributed by atoms with Gasteiger partial charge >= 0.3 is 0 Å². The van der Waals surface area contributed by atoms with E-state index in [0.717, 1.165) is 6.29 Å². The van der Waals surface area contributed by atoms with Crippen LogP contribution in [0.3, 0.4) is 0 Å². The maximum atomic E-state index is 13.5. The Balaban J connectivity index is 2.59. The van der Waals surface area contributed by atoms with Gasteiger partial charge in [-0.3, -0.25) is 4.79 Å². The summed E-state index contributed by atoms with van der Waals surface area (Å²) in [5, 5.41) is 0.489. The van der Waals surface area contributed by atoms with Crippen LogP contribution in [0.4, 0.5) is 4.39 Å². The molecule has 86 valence electrons. The minimum absolute atomic E-state index is 0.283. The molecule has 2 rings (SSSR count). The first-order valence-electron chi connectivity index (χ1n) is 5.13. The van der Waals surface area contributed by atoms with Crippen LogP contribution in [0, 0.1) is 12.7 Å². The number of carbonyl (C=O) groups excluding carboxylic acids is 1. The summed E-state index contributed by atoms with van der Waals surface area (Å²) in [5.74, 6) is -0.283. The zero-order valence-electron chi connectivity index (χ0n) is 9.21. The molecular weight excluding hydrogens is 239 g/mol. The largest absolute Gasteiger partial charge is 0.298 e. The van der Waals surface area contributed by atoms with E-state index in [2.05, 4.69) is 0 Å². The standard InChI is InChI=1S/C14H10ClFO/c1-9-2-3-10(7-14(9)16)13-5-4-12(15)6-11(13)8-17/h2-8H,1H3. The summed E-state index contributed by atoms with van der Waals surface area (Å²) >= 11 is 5.81. The van der Waals surface area contributed by atoms with Gasteiger partial charge in [-0.2, -0.15) is 0 Å². The van der Waals surface area contributed by atoms with Crippen molar-refractivity contribution in [1.29, 1.82) is 0 Å². The summed E-state index contributed by atoms with van der Waals surface area (Å²) in [7, 11) is 0. The molecule has 3 heteroatoms. The van der Waals surface area contributed by atoms with Gasteiger partial charge in [0.05, 0.1) is 0 Å². The Morgan fingerprint density at radius 3 is 2.59 bits per heavy atom. The predicted octanol–water partition coefficient (Wildman–Crippen LogP) is 4.27. The molecule has 0 atom stereocenters. The van der Waals surface area contributed by atoms with Crippen molar-refractivity contribution < 1.29 is 9.18 Å². The molecule has 0 saturated heterocycles. The first kappa shape index (κ1) is 11.8. The fraction of sp³-hybridized carbons (Fsp3) is 0.0714. The molecule has 0 unspecified atom stereocenters. The maximum Gasteiger partial charge on any atom is 0.150 e. The summed E-state index contributed by atoms with van der Waals surface area (Å²) in [6.07, 6.45) is 0.721. The van der Waals surface area contributed by atoms with Crippen molar-refractivity contribution in [2.45, 2.75) is 6.92 Å². The highest BCUT2D eigenvalue weighted by molar-refractivity contribution is 6.31. The number of benzene rings is 2. The smallest absolute Gasteiger partial charge is 0.150 e. The Kier molecular flexibility index (Phi) is 3.25. The monoisotopic (exact) mass is 248 g/mol. The summed E-state index contributed by atoms with van der Waals surface area (Å²) in [6, 6.07) is 9.87. The average molecular weight is 249 g/mol. The SMILES string of the molecule is Cc1ccc(-c2ccc(Cl)cc2C=O)cc1F. The Morgan fingerprint density at radius 1 is 1.18 bits per heavy atom. The van der Waals surface area contributed by atoms with Gasteiger partial charge in [0, 0.05) is 10.6 Å². The number of hydrogen-bond donors (Lipinski definition) is 0. The first-order valence-corrected chi connectivity index (χ1v) is 5.51. The van der Waals surface area contributed by atoms with Crippen molar-refractivity contribution in [2.75, 3.05) is 0 Å². The van der Waals surface area contributed by atoms with Crippen molar-refractivity contribution in [3.63, 3.8) is 0 Å². The molecular formula is C14H10ClFO. The van der Waals surface area contributed by atoms with Crippen molar-refractivity contribution >= 4 is 17.9 Å². The molecule has 2 aromatic rings. The maximum absolute atomic E-state index is 13.5. The molecule has 17 heavy (non-hydrogen) atoms. The van der Waals surface area contributed by atoms with Crippen molar-refractivity contribution in [2.24, 2.45) is 0 Å². The van der Waals surface area contributed by atoms with E-state index in [1.807, 2.05) is 0 Å². The van der Waals surface area contributed by atoms with Crippen LogP contribution < -0.4 is 0 Å². The predicted molar refractivity (Wildman–Crippen MR) is 67.0 cm³/mol. The summed E-state index contributed by atoms with van der Waals surface area (Å²) in [5.41, 5.74) is 2.39. The normalized spacial score (nSPS) is 10.3. The van der Waals surface area contributed by atoms with E-state index in [1.54, 1.807) is 37.3 Å². The fourth-order valence-electron chi connectivity index (χ4n) is 1.65. The van der Waals surface area contributed by atoms with E-state index >= 15 is 0 Å². The summed E-state index contributed by atoms with van der Waals surface area (Å²) in [6.45, 7) is 1.70. The molecule has 0 fully saturated rings. The van der Waals surface area contributed by atoms with E-state index < -0.39 is 0 Å². The van der Waals surface area contributed by atoms with Crippen LogP contribution in [-0.2, 0) is 0 Å². The lowest BCUT2D eigenvalue weighted by Gasteiger charge is -2.06. The van der Waals surface area contributed by atoms with Crippen LogP contribution in [-0.4, -0.2) is 6.29 Å². The van der Waals surface area contributed by atoms with Crippen molar-refractivity contribution in [3.05, 3.63) is 58.4 Å². The molecule has 1 nitrogen and oxygen atoms in total. The fourth-order valence-corrected chi connectivity index (χ4v) is 1.83. The highest BCUT2D eigenvalue weighted by atomic mass is 35.5. The molecule has 0 bridgehead atoms. The van der Waals surface area contributed by atoms with Crippen LogP contribution in [0.2, 0.25) is 5.02 Å². The van der Waals surface area contributed by atoms with Gasteiger partial charge in [0.2, 0.25) is 0 Å². The third-order valence-electron chi connectivity index (χ3n) is 2.62. The van der Waals surface area contributed by atoms with Crippen molar-refractivity contribution in [3.8, 4) is 11.1 Å². The first-order chi connectivity index (χ1) is 8.11. The molecule has 2 aromatic carbocycles. The van der Waals surface area contributed by atoms with Gasteiger partial charge in [0.25, 0.3) is 0 Å². The van der Waals surface area contributed by atoms with Gasteiger partial charge in [0.15, 0.2) is 6.29 Å². The zero-order chi connectivity index (χ0) is 12.4. The lowest BCUT2D eigenvalue weighted by molar-refractivity contribution is 0.112. The zero-order valence-corrected chi connectivity index (χ0v) is 9.96. The number of aldehydes is 1. The van der Waals surface area contributed by atoms with E-state index in [0.29, 0.717) is 27.3 Å². The Hall–Kier alpha value is -1.67. The van der Waals surface area contributed by atoms with Crippen LogP contribution in [0.1, 0.15) is 15.9 Å². The second kappa shape index (κ2) is 4.68. The van der Waals surface area contributed by atoms with Gasteiger partial charge in [-0.15, -0.1) is 0 Å². The number of rotatable bonds is 2. The Bertz CT molecular complexity index is 578. The van der Waals surface area contributed by atoms with Crippen LogP contribution in [0.5, 0.6) is 0 Å². The quantitative estimate of drug-likeness (QED) is 0.726. The van der Waals surface area contributed by atoms with E-state index in [1.165, 1.54) is 6.07 Å². The van der Waals surface area contributed by atoms with Crippen LogP contribution in [0.25, 0.3) is 11.1 Å². The summed E-state index contributed by atoms with van der Waals surface area (Å²) < 4.78 is 13.5. The van der Waals surface area contributed by atoms with E-state index in [9.17, 15) is 9.18 Å². The molecule has 0 aliphatic heterocycles. The number of hydrogen-bond acceptors (Lipinski definition) is 1. The Morgan fingerprint density at radius 2 is 1.94 bits per heavy atom. The second-order valence-corrected chi connectivity index (χ2v) is 4.25. The third kappa shape index (κ3) is 2.37. The molecule has 0 spiro atoms. The summed E-state index contributed by atoms with van der Waals surface area (Å²) in [4.78, 5) is 11.0. The van der Waals surface area contributed by atoms with Gasteiger partial charge in [0.1, 0.15) is 5.82 Å². The van der Waals surface area contributed by atoms with Crippen LogP contribution in [0.15, 0.2) is 36.4 Å². The lowest BCUT2D eigenvalue weighted by Crippen LogP contribution is -1.90. The lowest BCUT2D eigenvalue weighted by atomic mass is 9.99. The van der Waals surface area contributed by atoms with Gasteiger partial charge in [-0.1, -0.05) is 29.8 Å². The average Bonchev–Trinajstić information content (AvgIpc) is 2.32. The molecule has 0 aliphatic carbocycles. The topological polar surface area (TPSA) is 17.1 Å². The molecule has 0 saturated carbocycles. The Labute approximate surface area is 104 Å². The van der Waals surface area contributed by atoms with Crippen LogP contribution >= 0.6 is 11.6 Å². The number of carbonyl (C=O) groups is 1. The van der Waals surface area contributed by atoms with Gasteiger partial charge in [-0.25, -0.2) is 4.39 Å². The van der Waals surface area contributed by atoms with E-state index in [4.69, 9.17) is 11.6 Å². The molecule has 0 amide bonds. The van der Waals surface area contributed by atoms with E-state index in [-0.39, 0.29) is 5.82 Å². The minimum Gasteiger partial charge on any atom is -0.298 e. The number of aryl methyl sites for hydroxylation is 1. The van der Waals surface area contributed by atoms with Gasteiger partial charge < -0.3 is 0 Å². The molecule has 0 aromatic heterocycles. The highest BCUT2D eigenvalue weighted by Crippen LogP contribution is 2.26. The molecule has 0 N–H and O–H groups in total. The third-order valence-corrected chi connectivity index (χ3v) is 2.86. The van der Waals surface area contributed by atoms with Gasteiger partial charge in [-0.05, 0) is 41.8 Å². The second-order valence-electron chi connectivity index (χ2n) is 3.81. The molecule has 0 heterocycles. The molecule has 0 aliphatic rings. The minimum atomic E-state index is -0.283. The number of halogens is 2.